The van der Waals surface area contributed by atoms with E-state index in [9.17, 15) is 14.0 Å². The van der Waals surface area contributed by atoms with Crippen LogP contribution in [0.25, 0.3) is 0 Å². The van der Waals surface area contributed by atoms with E-state index < -0.39 is 29.5 Å². The van der Waals surface area contributed by atoms with Crippen LogP contribution in [0.4, 0.5) is 10.1 Å². The number of hydrogen-bond donors (Lipinski definition) is 2. The van der Waals surface area contributed by atoms with Crippen molar-refractivity contribution in [2.45, 2.75) is 12.8 Å². The van der Waals surface area contributed by atoms with Crippen LogP contribution in [0.2, 0.25) is 5.02 Å². The van der Waals surface area contributed by atoms with Gasteiger partial charge in [-0.05, 0) is 12.1 Å². The van der Waals surface area contributed by atoms with E-state index in [0.717, 1.165) is 6.07 Å². The van der Waals surface area contributed by atoms with Crippen molar-refractivity contribution in [1.29, 1.82) is 0 Å². The van der Waals surface area contributed by atoms with Gasteiger partial charge in [0.25, 0.3) is 0 Å². The number of carbonyl (C=O) groups excluding carboxylic acids is 1. The molecule has 0 saturated heterocycles. The summed E-state index contributed by atoms with van der Waals surface area (Å²) < 4.78 is 13.5. The first-order valence-corrected chi connectivity index (χ1v) is 5.33. The van der Waals surface area contributed by atoms with Crippen LogP contribution in [-0.2, 0) is 9.59 Å². The molecular weight excluding hydrogens is 249 g/mol. The fourth-order valence-corrected chi connectivity index (χ4v) is 2.23. The summed E-state index contributed by atoms with van der Waals surface area (Å²) in [4.78, 5) is 22.6. The van der Waals surface area contributed by atoms with Crippen molar-refractivity contribution >= 4 is 29.2 Å². The molecule has 90 valence electrons. The third kappa shape index (κ3) is 1.76. The summed E-state index contributed by atoms with van der Waals surface area (Å²) in [5.41, 5.74) is 0.215. The fourth-order valence-electron chi connectivity index (χ4n) is 1.95. The van der Waals surface area contributed by atoms with E-state index in [1.807, 2.05) is 0 Å². The summed E-state index contributed by atoms with van der Waals surface area (Å²) in [6, 6.07) is 2.45. The van der Waals surface area contributed by atoms with Gasteiger partial charge in [0.15, 0.2) is 0 Å². The monoisotopic (exact) mass is 257 g/mol. The Morgan fingerprint density at radius 1 is 1.59 bits per heavy atom. The van der Waals surface area contributed by atoms with E-state index in [0.29, 0.717) is 0 Å². The summed E-state index contributed by atoms with van der Waals surface area (Å²) in [5, 5.41) is 11.5. The summed E-state index contributed by atoms with van der Waals surface area (Å²) in [6.45, 7) is 1.39. The molecule has 0 bridgehead atoms. The fraction of sp³-hybridized carbons (Fsp3) is 0.273. The molecule has 0 aromatic heterocycles. The van der Waals surface area contributed by atoms with Gasteiger partial charge < -0.3 is 10.4 Å². The number of amides is 1. The number of nitrogens with one attached hydrogen (secondary N) is 1. The van der Waals surface area contributed by atoms with Crippen LogP contribution in [0.3, 0.4) is 0 Å². The molecule has 0 saturated carbocycles. The summed E-state index contributed by atoms with van der Waals surface area (Å²) in [7, 11) is 0. The van der Waals surface area contributed by atoms with E-state index in [1.165, 1.54) is 13.0 Å². The molecule has 1 aliphatic heterocycles. The summed E-state index contributed by atoms with van der Waals surface area (Å²) in [6.07, 6.45) is 0. The van der Waals surface area contributed by atoms with E-state index in [1.54, 1.807) is 0 Å². The van der Waals surface area contributed by atoms with Gasteiger partial charge in [0.2, 0.25) is 5.91 Å². The highest BCUT2D eigenvalue weighted by atomic mass is 35.5. The number of benzene rings is 1. The quantitative estimate of drug-likeness (QED) is 0.854. The second-order valence-electron chi connectivity index (χ2n) is 3.91. The van der Waals surface area contributed by atoms with Gasteiger partial charge in [-0.25, -0.2) is 4.39 Å². The Morgan fingerprint density at radius 3 is 2.82 bits per heavy atom. The number of aliphatic carboxylic acids is 1. The Hall–Kier alpha value is -1.62. The lowest BCUT2D eigenvalue weighted by molar-refractivity contribution is -0.143. The van der Waals surface area contributed by atoms with Crippen molar-refractivity contribution in [2.24, 2.45) is 5.92 Å². The normalized spacial score (nSPS) is 19.7. The van der Waals surface area contributed by atoms with Gasteiger partial charge in [0.05, 0.1) is 17.5 Å². The van der Waals surface area contributed by atoms with E-state index in [-0.39, 0.29) is 16.3 Å². The Labute approximate surface area is 101 Å². The van der Waals surface area contributed by atoms with E-state index >= 15 is 0 Å². The highest BCUT2D eigenvalue weighted by molar-refractivity contribution is 6.33. The number of hydrogen-bond acceptors (Lipinski definition) is 2. The third-order valence-electron chi connectivity index (χ3n) is 2.87. The molecule has 4 nitrogen and oxygen atoms in total. The van der Waals surface area contributed by atoms with Gasteiger partial charge in [0.1, 0.15) is 5.82 Å². The van der Waals surface area contributed by atoms with Crippen molar-refractivity contribution in [3.05, 3.63) is 28.5 Å². The molecule has 1 heterocycles. The summed E-state index contributed by atoms with van der Waals surface area (Å²) in [5.74, 6) is -4.20. The molecule has 1 aromatic carbocycles. The minimum atomic E-state index is -1.13. The minimum Gasteiger partial charge on any atom is -0.481 e. The standard InChI is InChI=1S/C11H9ClFNO3/c1-4(11(16)17)7-8-5(12)2-3-6(13)9(8)14-10(7)15/h2-4,7H,1H3,(H,14,15)(H,16,17). The molecule has 0 aliphatic carbocycles. The van der Waals surface area contributed by atoms with Gasteiger partial charge in [-0.2, -0.15) is 0 Å². The second kappa shape index (κ2) is 4.00. The highest BCUT2D eigenvalue weighted by Crippen LogP contribution is 2.43. The molecule has 1 amide bonds. The Morgan fingerprint density at radius 2 is 2.24 bits per heavy atom. The second-order valence-corrected chi connectivity index (χ2v) is 4.32. The van der Waals surface area contributed by atoms with Gasteiger partial charge >= 0.3 is 5.97 Å². The number of carbonyl (C=O) groups is 2. The van der Waals surface area contributed by atoms with Gasteiger partial charge in [-0.15, -0.1) is 0 Å². The summed E-state index contributed by atoms with van der Waals surface area (Å²) >= 11 is 5.90. The lowest BCUT2D eigenvalue weighted by atomic mass is 9.88. The number of anilines is 1. The zero-order valence-electron chi connectivity index (χ0n) is 8.83. The predicted molar refractivity (Wildman–Crippen MR) is 59.6 cm³/mol. The first-order valence-electron chi connectivity index (χ1n) is 4.95. The number of fused-ring (bicyclic) bond motifs is 1. The molecule has 0 spiro atoms. The number of halogens is 2. The van der Waals surface area contributed by atoms with Crippen molar-refractivity contribution < 1.29 is 19.1 Å². The minimum absolute atomic E-state index is 0.0133. The van der Waals surface area contributed by atoms with Crippen LogP contribution >= 0.6 is 11.6 Å². The number of carboxylic acid groups (broad SMARTS) is 1. The number of rotatable bonds is 2. The third-order valence-corrected chi connectivity index (χ3v) is 3.20. The maximum absolute atomic E-state index is 13.5. The molecule has 17 heavy (non-hydrogen) atoms. The van der Waals surface area contributed by atoms with E-state index in [4.69, 9.17) is 16.7 Å². The van der Waals surface area contributed by atoms with Gasteiger partial charge in [0, 0.05) is 10.6 Å². The Balaban J connectivity index is 2.57. The van der Waals surface area contributed by atoms with Crippen molar-refractivity contribution in [3.63, 3.8) is 0 Å². The predicted octanol–water partition coefficient (Wildman–Crippen LogP) is 2.24. The maximum atomic E-state index is 13.5. The first kappa shape index (κ1) is 11.9. The first-order chi connectivity index (χ1) is 7.93. The largest absolute Gasteiger partial charge is 0.481 e. The molecule has 2 N–H and O–H groups in total. The topological polar surface area (TPSA) is 66.4 Å². The van der Waals surface area contributed by atoms with Crippen molar-refractivity contribution in [2.75, 3.05) is 5.32 Å². The van der Waals surface area contributed by atoms with Crippen LogP contribution in [0, 0.1) is 11.7 Å². The Bertz CT molecular complexity index is 518. The molecule has 6 heteroatoms. The van der Waals surface area contributed by atoms with Gasteiger partial charge in [-0.1, -0.05) is 18.5 Å². The van der Waals surface area contributed by atoms with E-state index in [2.05, 4.69) is 5.32 Å². The van der Waals surface area contributed by atoms with Crippen LogP contribution < -0.4 is 5.32 Å². The lowest BCUT2D eigenvalue weighted by Crippen LogP contribution is -2.24. The zero-order valence-corrected chi connectivity index (χ0v) is 9.58. The van der Waals surface area contributed by atoms with Crippen LogP contribution in [-0.4, -0.2) is 17.0 Å². The molecule has 2 unspecified atom stereocenters. The molecule has 0 fully saturated rings. The molecular formula is C11H9ClFNO3. The van der Waals surface area contributed by atoms with Crippen molar-refractivity contribution in [3.8, 4) is 0 Å². The van der Waals surface area contributed by atoms with Crippen molar-refractivity contribution in [1.82, 2.24) is 0 Å². The molecule has 0 radical (unpaired) electrons. The average molecular weight is 258 g/mol. The highest BCUT2D eigenvalue weighted by Gasteiger charge is 2.40. The molecule has 2 rings (SSSR count). The smallest absolute Gasteiger partial charge is 0.307 e. The molecule has 1 aliphatic rings. The number of carboxylic acids is 1. The van der Waals surface area contributed by atoms with Crippen LogP contribution in [0.1, 0.15) is 18.4 Å². The average Bonchev–Trinajstić information content (AvgIpc) is 2.61. The molecule has 2 atom stereocenters. The molecule has 1 aromatic rings. The maximum Gasteiger partial charge on any atom is 0.307 e. The Kier molecular flexibility index (Phi) is 2.79. The van der Waals surface area contributed by atoms with Gasteiger partial charge in [-0.3, -0.25) is 9.59 Å². The SMILES string of the molecule is CC(C(=O)O)C1C(=O)Nc2c(F)ccc(Cl)c21. The van der Waals surface area contributed by atoms with Crippen LogP contribution in [0.15, 0.2) is 12.1 Å². The van der Waals surface area contributed by atoms with Crippen LogP contribution in [0.5, 0.6) is 0 Å². The lowest BCUT2D eigenvalue weighted by Gasteiger charge is -2.14. The zero-order chi connectivity index (χ0) is 12.7.